The minimum Gasteiger partial charge on any atom is -0.508 e. The topological polar surface area (TPSA) is 71.6 Å². The summed E-state index contributed by atoms with van der Waals surface area (Å²) in [5, 5.41) is 10.5. The van der Waals surface area contributed by atoms with Crippen LogP contribution in [0, 0.1) is 0 Å². The van der Waals surface area contributed by atoms with Crippen molar-refractivity contribution in [1.82, 2.24) is 4.98 Å². The Balaban J connectivity index is 1.87. The summed E-state index contributed by atoms with van der Waals surface area (Å²) in [5.74, 6) is 1.16. The molecule has 0 saturated carbocycles. The summed E-state index contributed by atoms with van der Waals surface area (Å²) in [7, 11) is 2.41. The molecular weight excluding hydrogens is 337 g/mol. The van der Waals surface area contributed by atoms with Crippen molar-refractivity contribution in [2.45, 2.75) is 0 Å². The third-order valence-corrected chi connectivity index (χ3v) is 4.78. The molecule has 2 heterocycles. The van der Waals surface area contributed by atoms with E-state index in [2.05, 4.69) is 11.3 Å². The predicted molar refractivity (Wildman–Crippen MR) is 99.6 cm³/mol. The number of carbonyl (C=O) groups excluding carboxylic acids is 1. The van der Waals surface area contributed by atoms with Crippen LogP contribution in [0.5, 0.6) is 17.2 Å². The summed E-state index contributed by atoms with van der Waals surface area (Å²) >= 11 is 0. The Morgan fingerprint density at radius 1 is 1.28 bits per heavy atom. The molecule has 1 aliphatic rings. The van der Waals surface area contributed by atoms with Gasteiger partial charge in [-0.3, -0.25) is 4.79 Å². The van der Waals surface area contributed by atoms with Crippen LogP contribution in [0.1, 0.15) is 15.9 Å². The molecule has 0 spiro atoms. The number of hydrogen-bond acceptors (Lipinski definition) is 4. The van der Waals surface area contributed by atoms with Crippen LogP contribution in [0.3, 0.4) is 0 Å². The molecule has 25 heavy (non-hydrogen) atoms. The maximum atomic E-state index is 12.6. The van der Waals surface area contributed by atoms with Crippen LogP contribution < -0.4 is 14.9 Å². The van der Waals surface area contributed by atoms with Crippen molar-refractivity contribution in [2.24, 2.45) is 0 Å². The fourth-order valence-corrected chi connectivity index (χ4v) is 3.44. The first-order valence-electron chi connectivity index (χ1n) is 7.54. The van der Waals surface area contributed by atoms with Crippen molar-refractivity contribution in [3.05, 3.63) is 53.3 Å². The molecule has 124 valence electrons. The van der Waals surface area contributed by atoms with Gasteiger partial charge in [0.15, 0.2) is 5.76 Å². The Hall–Kier alpha value is -3.04. The van der Waals surface area contributed by atoms with E-state index >= 15 is 0 Å². The normalized spacial score (nSPS) is 14.9. The molecule has 0 atom stereocenters. The standard InChI is InChI=1S/C19H14NO4P/c1-23-11-4-6-15-13(8-11)14(19(20-15)25-2)9-17-18(22)12-5-3-10(21)7-16(12)24-17/h3-9,20-21H,2H2,1H3. The number of methoxy groups -OCH3 is 1. The van der Waals surface area contributed by atoms with E-state index in [1.807, 2.05) is 18.2 Å². The molecule has 0 bridgehead atoms. The summed E-state index contributed by atoms with van der Waals surface area (Å²) in [6.07, 6.45) is 5.63. The van der Waals surface area contributed by atoms with E-state index in [1.165, 1.54) is 12.1 Å². The molecule has 0 amide bonds. The zero-order chi connectivity index (χ0) is 17.6. The number of nitrogens with one attached hydrogen (secondary N) is 1. The number of carbonyl (C=O) groups is 1. The molecule has 1 aromatic heterocycles. The van der Waals surface area contributed by atoms with Crippen molar-refractivity contribution in [3.63, 3.8) is 0 Å². The lowest BCUT2D eigenvalue weighted by atomic mass is 10.1. The van der Waals surface area contributed by atoms with Gasteiger partial charge in [-0.2, -0.15) is 0 Å². The van der Waals surface area contributed by atoms with Gasteiger partial charge in [-0.05, 0) is 36.4 Å². The second kappa shape index (κ2) is 5.80. The third kappa shape index (κ3) is 2.49. The van der Waals surface area contributed by atoms with E-state index in [9.17, 15) is 9.90 Å². The average molecular weight is 351 g/mol. The maximum absolute atomic E-state index is 12.6. The van der Waals surface area contributed by atoms with Crippen LogP contribution >= 0.6 is 8.20 Å². The molecule has 0 saturated heterocycles. The number of aromatic amines is 1. The molecule has 0 fully saturated rings. The van der Waals surface area contributed by atoms with Gasteiger partial charge in [-0.25, -0.2) is 0 Å². The van der Waals surface area contributed by atoms with Gasteiger partial charge in [0.2, 0.25) is 5.78 Å². The highest BCUT2D eigenvalue weighted by Crippen LogP contribution is 2.35. The molecule has 0 aliphatic carbocycles. The van der Waals surface area contributed by atoms with Crippen LogP contribution in [-0.4, -0.2) is 29.3 Å². The Kier molecular flexibility index (Phi) is 3.59. The van der Waals surface area contributed by atoms with E-state index in [1.54, 1.807) is 19.3 Å². The first-order chi connectivity index (χ1) is 12.1. The monoisotopic (exact) mass is 351 g/mol. The summed E-state index contributed by atoms with van der Waals surface area (Å²) in [6.45, 7) is 0. The van der Waals surface area contributed by atoms with Gasteiger partial charge >= 0.3 is 0 Å². The van der Waals surface area contributed by atoms with E-state index in [0.29, 0.717) is 11.3 Å². The van der Waals surface area contributed by atoms with Gasteiger partial charge in [-0.15, -0.1) is 0 Å². The number of Topliss-reactive ketones (excluding diaryl/α,β-unsaturated/α-hetero) is 1. The van der Waals surface area contributed by atoms with Crippen LogP contribution in [-0.2, 0) is 0 Å². The molecule has 0 unspecified atom stereocenters. The SMILES string of the molecule is C=Pc1[nH]c2ccc(OC)cc2c1C=C1Oc2cc(O)ccc2C1=O. The van der Waals surface area contributed by atoms with E-state index in [-0.39, 0.29) is 17.3 Å². The molecule has 6 heteroatoms. The van der Waals surface area contributed by atoms with Crippen molar-refractivity contribution in [3.8, 4) is 17.2 Å². The van der Waals surface area contributed by atoms with Crippen LogP contribution in [0.4, 0.5) is 0 Å². The number of rotatable bonds is 3. The number of aromatic nitrogens is 1. The van der Waals surface area contributed by atoms with E-state index in [0.717, 1.165) is 35.9 Å². The van der Waals surface area contributed by atoms with Gasteiger partial charge in [0, 0.05) is 22.5 Å². The van der Waals surface area contributed by atoms with Gasteiger partial charge in [0.05, 0.1) is 18.1 Å². The number of H-pyrrole nitrogens is 1. The van der Waals surface area contributed by atoms with Crippen molar-refractivity contribution < 1.29 is 19.4 Å². The zero-order valence-corrected chi connectivity index (χ0v) is 14.3. The first kappa shape index (κ1) is 15.5. The molecule has 1 aliphatic heterocycles. The molecule has 2 N–H and O–H groups in total. The molecule has 2 aromatic carbocycles. The number of hydrogen-bond donors (Lipinski definition) is 2. The number of allylic oxidation sites excluding steroid dienone is 1. The highest BCUT2D eigenvalue weighted by atomic mass is 31.1. The van der Waals surface area contributed by atoms with E-state index < -0.39 is 0 Å². The summed E-state index contributed by atoms with van der Waals surface area (Å²) in [5.41, 5.74) is 3.09. The minimum absolute atomic E-state index is 0.0570. The lowest BCUT2D eigenvalue weighted by Gasteiger charge is -2.01. The lowest BCUT2D eigenvalue weighted by Crippen LogP contribution is -2.01. The fourth-order valence-electron chi connectivity index (χ4n) is 2.88. The second-order valence-electron chi connectivity index (χ2n) is 5.58. The Bertz CT molecular complexity index is 1060. The number of aromatic hydroxyl groups is 1. The van der Waals surface area contributed by atoms with Gasteiger partial charge in [0.25, 0.3) is 0 Å². The number of benzene rings is 2. The molecular formula is C19H14NO4P. The largest absolute Gasteiger partial charge is 0.508 e. The van der Waals surface area contributed by atoms with Crippen LogP contribution in [0.2, 0.25) is 0 Å². The maximum Gasteiger partial charge on any atom is 0.231 e. The molecule has 0 radical (unpaired) electrons. The molecule has 3 aromatic rings. The van der Waals surface area contributed by atoms with Crippen molar-refractivity contribution >= 4 is 42.7 Å². The zero-order valence-electron chi connectivity index (χ0n) is 13.4. The summed E-state index contributed by atoms with van der Waals surface area (Å²) in [6, 6.07) is 10.2. The Labute approximate surface area is 145 Å². The number of fused-ring (bicyclic) bond motifs is 2. The highest BCUT2D eigenvalue weighted by Gasteiger charge is 2.28. The smallest absolute Gasteiger partial charge is 0.231 e. The Morgan fingerprint density at radius 2 is 2.12 bits per heavy atom. The van der Waals surface area contributed by atoms with Crippen molar-refractivity contribution in [2.75, 3.05) is 7.11 Å². The van der Waals surface area contributed by atoms with Gasteiger partial charge in [0.1, 0.15) is 17.2 Å². The third-order valence-electron chi connectivity index (χ3n) is 4.11. The number of ketones is 1. The minimum atomic E-state index is -0.209. The number of phenols is 1. The molecule has 4 rings (SSSR count). The fraction of sp³-hybridized carbons (Fsp3) is 0.0526. The first-order valence-corrected chi connectivity index (χ1v) is 8.62. The van der Waals surface area contributed by atoms with Crippen LogP contribution in [0.15, 0.2) is 42.2 Å². The molecule has 5 nitrogen and oxygen atoms in total. The number of ether oxygens (including phenoxy) is 2. The summed E-state index contributed by atoms with van der Waals surface area (Å²) < 4.78 is 11.0. The van der Waals surface area contributed by atoms with Gasteiger partial charge < -0.3 is 19.6 Å². The predicted octanol–water partition coefficient (Wildman–Crippen LogP) is 3.50. The van der Waals surface area contributed by atoms with Crippen molar-refractivity contribution in [1.29, 1.82) is 0 Å². The lowest BCUT2D eigenvalue weighted by molar-refractivity contribution is 0.101. The Morgan fingerprint density at radius 3 is 2.88 bits per heavy atom. The second-order valence-corrected chi connectivity index (χ2v) is 6.34. The highest BCUT2D eigenvalue weighted by molar-refractivity contribution is 7.45. The number of phenolic OH excluding ortho intramolecular Hbond substituents is 1. The van der Waals surface area contributed by atoms with Gasteiger partial charge in [-0.1, -0.05) is 14.5 Å². The summed E-state index contributed by atoms with van der Waals surface area (Å²) in [4.78, 5) is 15.9. The quantitative estimate of drug-likeness (QED) is 0.560. The van der Waals surface area contributed by atoms with Crippen LogP contribution in [0.25, 0.3) is 17.0 Å². The van der Waals surface area contributed by atoms with E-state index in [4.69, 9.17) is 9.47 Å². The average Bonchev–Trinajstić information content (AvgIpc) is 3.12.